The van der Waals surface area contributed by atoms with Gasteiger partial charge in [-0.1, -0.05) is 0 Å². The van der Waals surface area contributed by atoms with Crippen molar-refractivity contribution in [2.24, 2.45) is 20.5 Å². The van der Waals surface area contributed by atoms with Crippen LogP contribution in [0.2, 0.25) is 0 Å². The third kappa shape index (κ3) is 9.51. The van der Waals surface area contributed by atoms with Crippen LogP contribution in [-0.2, 0) is 19.2 Å². The van der Waals surface area contributed by atoms with Crippen LogP contribution in [0.4, 0.5) is 22.7 Å². The number of benzene rings is 3. The number of azo groups is 2. The molecule has 0 fully saturated rings. The fourth-order valence-corrected chi connectivity index (χ4v) is 3.78. The maximum Gasteiger partial charge on any atom is 0.335 e. The van der Waals surface area contributed by atoms with Crippen molar-refractivity contribution < 1.29 is 58.8 Å². The third-order valence-electron chi connectivity index (χ3n) is 6.09. The lowest BCUT2D eigenvalue weighted by molar-refractivity contribution is -0.127. The lowest BCUT2D eigenvalue weighted by Crippen LogP contribution is -2.32. The molecule has 0 saturated carbocycles. The molecule has 0 bridgehead atoms. The Morgan fingerprint density at radius 1 is 0.500 bits per heavy atom. The van der Waals surface area contributed by atoms with Crippen LogP contribution < -0.4 is 10.6 Å². The van der Waals surface area contributed by atoms with Crippen molar-refractivity contribution in [2.75, 3.05) is 10.6 Å². The molecule has 0 saturated heterocycles. The molecule has 18 heteroatoms. The van der Waals surface area contributed by atoms with E-state index in [2.05, 4.69) is 31.1 Å². The van der Waals surface area contributed by atoms with Crippen LogP contribution in [-0.4, -0.2) is 79.8 Å². The average Bonchev–Trinajstić information content (AvgIpc) is 3.01. The smallest absolute Gasteiger partial charge is 0.335 e. The summed E-state index contributed by atoms with van der Waals surface area (Å²) in [6.07, 6.45) is 0. The van der Waals surface area contributed by atoms with Crippen LogP contribution in [0, 0.1) is 0 Å². The summed E-state index contributed by atoms with van der Waals surface area (Å²) in [6.45, 7) is 2.10. The monoisotopic (exact) mass is 660 g/mol. The minimum absolute atomic E-state index is 0.135. The molecule has 2 amide bonds. The van der Waals surface area contributed by atoms with Crippen LogP contribution in [0.25, 0.3) is 0 Å². The number of nitrogens with zero attached hydrogens (tertiary/aromatic N) is 4. The van der Waals surface area contributed by atoms with Gasteiger partial charge in [0.05, 0.1) is 33.6 Å². The predicted molar refractivity (Wildman–Crippen MR) is 162 cm³/mol. The Bertz CT molecular complexity index is 1700. The zero-order valence-electron chi connectivity index (χ0n) is 24.8. The van der Waals surface area contributed by atoms with Crippen molar-refractivity contribution in [1.82, 2.24) is 0 Å². The van der Waals surface area contributed by atoms with Gasteiger partial charge in [0.25, 0.3) is 11.8 Å². The molecule has 0 aliphatic rings. The van der Waals surface area contributed by atoms with E-state index < -0.39 is 81.6 Å². The summed E-state index contributed by atoms with van der Waals surface area (Å²) in [5.74, 6) is -9.10. The van der Waals surface area contributed by atoms with E-state index in [1.807, 2.05) is 0 Å². The van der Waals surface area contributed by atoms with E-state index >= 15 is 0 Å². The Balaban J connectivity index is 1.73. The summed E-state index contributed by atoms with van der Waals surface area (Å²) < 4.78 is 0. The highest BCUT2D eigenvalue weighted by Gasteiger charge is 2.25. The Morgan fingerprint density at radius 2 is 0.771 bits per heavy atom. The van der Waals surface area contributed by atoms with E-state index in [4.69, 9.17) is 0 Å². The summed E-state index contributed by atoms with van der Waals surface area (Å²) in [5, 5.41) is 56.3. The second-order valence-corrected chi connectivity index (χ2v) is 9.77. The third-order valence-corrected chi connectivity index (χ3v) is 6.09. The summed E-state index contributed by atoms with van der Waals surface area (Å²) in [4.78, 5) is 95.1. The fraction of sp³-hybridized carbons (Fsp3) is 0.133. The number of carboxylic acid groups (broad SMARTS) is 4. The highest BCUT2D eigenvalue weighted by Crippen LogP contribution is 2.22. The molecule has 3 rings (SSSR count). The highest BCUT2D eigenvalue weighted by molar-refractivity contribution is 6.11. The van der Waals surface area contributed by atoms with Gasteiger partial charge in [-0.3, -0.25) is 19.2 Å². The number of anilines is 2. The van der Waals surface area contributed by atoms with E-state index in [-0.39, 0.29) is 22.7 Å². The van der Waals surface area contributed by atoms with Gasteiger partial charge in [0.1, 0.15) is 0 Å². The van der Waals surface area contributed by atoms with Crippen LogP contribution in [0.1, 0.15) is 55.3 Å². The number of amides is 2. The van der Waals surface area contributed by atoms with Gasteiger partial charge in [-0.2, -0.15) is 20.5 Å². The Morgan fingerprint density at radius 3 is 1.00 bits per heavy atom. The molecule has 0 aliphatic carbocycles. The minimum Gasteiger partial charge on any atom is -0.478 e. The number of hydrogen-bond donors (Lipinski definition) is 6. The van der Waals surface area contributed by atoms with Crippen LogP contribution in [0.5, 0.6) is 0 Å². The molecule has 3 aromatic carbocycles. The molecule has 0 aliphatic heterocycles. The highest BCUT2D eigenvalue weighted by atomic mass is 16.4. The van der Waals surface area contributed by atoms with Crippen LogP contribution >= 0.6 is 0 Å². The normalized spacial score (nSPS) is 12.2. The summed E-state index contributed by atoms with van der Waals surface area (Å²) in [5.41, 5.74) is -1.81. The maximum atomic E-state index is 12.8. The molecule has 0 heterocycles. The topological polar surface area (TPSA) is 291 Å². The van der Waals surface area contributed by atoms with Crippen molar-refractivity contribution in [3.63, 3.8) is 0 Å². The zero-order chi connectivity index (χ0) is 35.7. The van der Waals surface area contributed by atoms with Gasteiger partial charge in [-0.05, 0) is 74.5 Å². The summed E-state index contributed by atoms with van der Waals surface area (Å²) >= 11 is 0. The molecule has 18 nitrogen and oxygen atoms in total. The van der Waals surface area contributed by atoms with E-state index in [1.165, 1.54) is 24.3 Å². The minimum atomic E-state index is -1.70. The standard InChI is InChI=1S/C30H24N6O12/c1-13(37)23(35-33-21-9-15(27(41)42)7-16(10-21)28(43)44)25(39)31-19-3-5-20(6-4-19)32-26(40)24(14(2)38)36-34-22-11-17(29(45)46)8-18(12-22)30(47)48/h3-12,23-24H,1-2H3,(H,31,39)(H,32,40)(H,41,42)(H,43,44)(H,45,46)(H,47,48). The number of carbonyl (C=O) groups is 8. The van der Waals surface area contributed by atoms with Crippen molar-refractivity contribution in [1.29, 1.82) is 0 Å². The first-order chi connectivity index (χ1) is 22.5. The number of aromatic carboxylic acids is 4. The average molecular weight is 661 g/mol. The van der Waals surface area contributed by atoms with Crippen molar-refractivity contribution in [3.8, 4) is 0 Å². The Hall–Kier alpha value is -6.98. The maximum absolute atomic E-state index is 12.8. The van der Waals surface area contributed by atoms with Crippen molar-refractivity contribution in [2.45, 2.75) is 25.9 Å². The molecular formula is C30H24N6O12. The molecule has 6 N–H and O–H groups in total. The van der Waals surface area contributed by atoms with E-state index in [1.54, 1.807) is 0 Å². The van der Waals surface area contributed by atoms with E-state index in [0.29, 0.717) is 0 Å². The predicted octanol–water partition coefficient (Wildman–Crippen LogP) is 3.84. The Kier molecular flexibility index (Phi) is 11.3. The second-order valence-electron chi connectivity index (χ2n) is 9.77. The first kappa shape index (κ1) is 35.5. The van der Waals surface area contributed by atoms with Gasteiger partial charge in [-0.15, -0.1) is 0 Å². The molecule has 246 valence electrons. The molecule has 48 heavy (non-hydrogen) atoms. The molecule has 2 unspecified atom stereocenters. The van der Waals surface area contributed by atoms with Gasteiger partial charge in [0, 0.05) is 11.4 Å². The molecule has 2 atom stereocenters. The largest absolute Gasteiger partial charge is 0.478 e. The SMILES string of the molecule is CC(=O)C(N=Nc1cc(C(=O)O)cc(C(=O)O)c1)C(=O)Nc1ccc(NC(=O)C(N=Nc2cc(C(=O)O)cc(C(=O)O)c2)C(C)=O)cc1. The van der Waals surface area contributed by atoms with Gasteiger partial charge in [0.2, 0.25) is 12.1 Å². The Labute approximate surface area is 268 Å². The van der Waals surface area contributed by atoms with Crippen molar-refractivity contribution in [3.05, 3.63) is 82.9 Å². The van der Waals surface area contributed by atoms with Crippen molar-refractivity contribution >= 4 is 70.0 Å². The summed E-state index contributed by atoms with van der Waals surface area (Å²) in [6, 6.07) is 7.72. The fourth-order valence-electron chi connectivity index (χ4n) is 3.78. The number of Topliss-reactive ketones (excluding diaryl/α,β-unsaturated/α-hetero) is 2. The van der Waals surface area contributed by atoms with Crippen LogP contribution in [0.3, 0.4) is 0 Å². The number of carboxylic acids is 4. The quantitative estimate of drug-likeness (QED) is 0.106. The van der Waals surface area contributed by atoms with E-state index in [0.717, 1.165) is 50.2 Å². The second kappa shape index (κ2) is 15.3. The number of nitrogens with one attached hydrogen (secondary N) is 2. The number of carbonyl (C=O) groups excluding carboxylic acids is 4. The van der Waals surface area contributed by atoms with Gasteiger partial charge in [0.15, 0.2) is 11.6 Å². The molecule has 3 aromatic rings. The zero-order valence-corrected chi connectivity index (χ0v) is 24.8. The molecular weight excluding hydrogens is 636 g/mol. The lowest BCUT2D eigenvalue weighted by atomic mass is 10.1. The molecule has 0 aromatic heterocycles. The molecule has 0 spiro atoms. The van der Waals surface area contributed by atoms with Crippen LogP contribution in [0.15, 0.2) is 81.1 Å². The van der Waals surface area contributed by atoms with E-state index in [9.17, 15) is 58.8 Å². The lowest BCUT2D eigenvalue weighted by Gasteiger charge is -2.12. The number of ketones is 2. The first-order valence-electron chi connectivity index (χ1n) is 13.3. The molecule has 0 radical (unpaired) electrons. The van der Waals surface area contributed by atoms with Gasteiger partial charge in [-0.25, -0.2) is 19.2 Å². The summed E-state index contributed by atoms with van der Waals surface area (Å²) in [7, 11) is 0. The number of rotatable bonds is 14. The van der Waals surface area contributed by atoms with Gasteiger partial charge >= 0.3 is 23.9 Å². The number of hydrogen-bond acceptors (Lipinski definition) is 12. The first-order valence-corrected chi connectivity index (χ1v) is 13.3. The van der Waals surface area contributed by atoms with Gasteiger partial charge < -0.3 is 31.1 Å².